The van der Waals surface area contributed by atoms with E-state index >= 15 is 0 Å². The van der Waals surface area contributed by atoms with Crippen molar-refractivity contribution in [3.05, 3.63) is 30.0 Å². The summed E-state index contributed by atoms with van der Waals surface area (Å²) < 4.78 is 16.7. The van der Waals surface area contributed by atoms with Crippen molar-refractivity contribution >= 4 is 16.9 Å². The molecular weight excluding hydrogens is 308 g/mol. The first-order valence-corrected chi connectivity index (χ1v) is 8.36. The monoisotopic (exact) mass is 330 g/mol. The molecule has 1 aromatic heterocycles. The van der Waals surface area contributed by atoms with Gasteiger partial charge < -0.3 is 24.1 Å². The van der Waals surface area contributed by atoms with Gasteiger partial charge in [0.15, 0.2) is 0 Å². The van der Waals surface area contributed by atoms with E-state index in [4.69, 9.17) is 13.9 Å². The second-order valence-electron chi connectivity index (χ2n) is 6.57. The summed E-state index contributed by atoms with van der Waals surface area (Å²) in [6, 6.07) is 5.67. The summed E-state index contributed by atoms with van der Waals surface area (Å²) in [4.78, 5) is 14.6. The number of furan rings is 1. The summed E-state index contributed by atoms with van der Waals surface area (Å²) in [6.45, 7) is 3.86. The fourth-order valence-electron chi connectivity index (χ4n) is 3.63. The standard InChI is InChI=1S/C18H22N2O4/c1-22-14-2-3-15-13(10-23-16(15)9-14)8-17(21)20-6-4-18(12-20)11-19-5-7-24-18/h2-3,9-10,19H,4-8,11-12H2,1H3. The van der Waals surface area contributed by atoms with E-state index in [1.807, 2.05) is 23.1 Å². The Bertz CT molecular complexity index is 749. The molecule has 0 radical (unpaired) electrons. The van der Waals surface area contributed by atoms with Gasteiger partial charge >= 0.3 is 0 Å². The van der Waals surface area contributed by atoms with Gasteiger partial charge in [-0.1, -0.05) is 0 Å². The molecule has 2 aliphatic rings. The number of hydrogen-bond acceptors (Lipinski definition) is 5. The Morgan fingerprint density at radius 2 is 2.38 bits per heavy atom. The molecule has 3 heterocycles. The average Bonchev–Trinajstić information content (AvgIpc) is 3.20. The molecule has 2 aliphatic heterocycles. The third-order valence-electron chi connectivity index (χ3n) is 5.01. The Morgan fingerprint density at radius 1 is 1.46 bits per heavy atom. The van der Waals surface area contributed by atoms with Crippen LogP contribution in [0.4, 0.5) is 0 Å². The highest BCUT2D eigenvalue weighted by molar-refractivity contribution is 5.88. The van der Waals surface area contributed by atoms with Gasteiger partial charge in [0.1, 0.15) is 11.3 Å². The maximum Gasteiger partial charge on any atom is 0.227 e. The lowest BCUT2D eigenvalue weighted by atomic mass is 10.0. The van der Waals surface area contributed by atoms with Crippen LogP contribution in [-0.4, -0.2) is 56.3 Å². The molecule has 128 valence electrons. The van der Waals surface area contributed by atoms with Gasteiger partial charge in [-0.25, -0.2) is 0 Å². The summed E-state index contributed by atoms with van der Waals surface area (Å²) in [7, 11) is 1.62. The number of carbonyl (C=O) groups is 1. The van der Waals surface area contributed by atoms with E-state index in [1.165, 1.54) is 0 Å². The number of hydrogen-bond donors (Lipinski definition) is 1. The van der Waals surface area contributed by atoms with Crippen molar-refractivity contribution in [1.29, 1.82) is 0 Å². The molecule has 1 unspecified atom stereocenters. The van der Waals surface area contributed by atoms with Crippen LogP contribution in [-0.2, 0) is 16.0 Å². The maximum absolute atomic E-state index is 12.7. The van der Waals surface area contributed by atoms with Crippen LogP contribution in [0.25, 0.3) is 11.0 Å². The van der Waals surface area contributed by atoms with Gasteiger partial charge in [-0.05, 0) is 18.6 Å². The fraction of sp³-hybridized carbons (Fsp3) is 0.500. The molecule has 1 N–H and O–H groups in total. The smallest absolute Gasteiger partial charge is 0.227 e. The first-order valence-electron chi connectivity index (χ1n) is 8.36. The van der Waals surface area contributed by atoms with E-state index in [0.29, 0.717) is 13.0 Å². The fourth-order valence-corrected chi connectivity index (χ4v) is 3.63. The van der Waals surface area contributed by atoms with Crippen molar-refractivity contribution < 1.29 is 18.7 Å². The van der Waals surface area contributed by atoms with E-state index in [2.05, 4.69) is 5.32 Å². The van der Waals surface area contributed by atoms with Gasteiger partial charge in [0.25, 0.3) is 0 Å². The summed E-state index contributed by atoms with van der Waals surface area (Å²) in [6.07, 6.45) is 2.92. The number of morpholine rings is 1. The van der Waals surface area contributed by atoms with Crippen LogP contribution >= 0.6 is 0 Å². The quantitative estimate of drug-likeness (QED) is 0.926. The number of benzene rings is 1. The largest absolute Gasteiger partial charge is 0.497 e. The zero-order valence-electron chi connectivity index (χ0n) is 13.8. The van der Waals surface area contributed by atoms with E-state index in [1.54, 1.807) is 13.4 Å². The lowest BCUT2D eigenvalue weighted by Gasteiger charge is -2.34. The lowest BCUT2D eigenvalue weighted by molar-refractivity contribution is -0.131. The molecule has 4 rings (SSSR count). The number of carbonyl (C=O) groups excluding carboxylic acids is 1. The maximum atomic E-state index is 12.7. The summed E-state index contributed by atoms with van der Waals surface area (Å²) in [5.74, 6) is 0.873. The number of ether oxygens (including phenoxy) is 2. The van der Waals surface area contributed by atoms with Crippen molar-refractivity contribution in [3.8, 4) is 5.75 Å². The minimum atomic E-state index is -0.195. The molecule has 6 nitrogen and oxygen atoms in total. The third-order valence-corrected chi connectivity index (χ3v) is 5.01. The number of amides is 1. The van der Waals surface area contributed by atoms with Crippen LogP contribution in [0, 0.1) is 0 Å². The predicted molar refractivity (Wildman–Crippen MR) is 89.2 cm³/mol. The number of nitrogens with one attached hydrogen (secondary N) is 1. The molecule has 1 aromatic carbocycles. The first-order chi connectivity index (χ1) is 11.7. The Balaban J connectivity index is 1.46. The Kier molecular flexibility index (Phi) is 3.94. The van der Waals surface area contributed by atoms with Crippen LogP contribution in [0.1, 0.15) is 12.0 Å². The summed E-state index contributed by atoms with van der Waals surface area (Å²) in [5, 5.41) is 4.33. The summed E-state index contributed by atoms with van der Waals surface area (Å²) >= 11 is 0. The van der Waals surface area contributed by atoms with Crippen LogP contribution in [0.3, 0.4) is 0 Å². The molecule has 0 bridgehead atoms. The predicted octanol–water partition coefficient (Wildman–Crippen LogP) is 1.57. The molecule has 1 spiro atoms. The van der Waals surface area contributed by atoms with Gasteiger partial charge in [-0.15, -0.1) is 0 Å². The van der Waals surface area contributed by atoms with Crippen molar-refractivity contribution in [2.75, 3.05) is 39.9 Å². The highest BCUT2D eigenvalue weighted by Gasteiger charge is 2.42. The molecule has 2 fully saturated rings. The van der Waals surface area contributed by atoms with E-state index in [9.17, 15) is 4.79 Å². The van der Waals surface area contributed by atoms with Crippen molar-refractivity contribution in [2.24, 2.45) is 0 Å². The van der Waals surface area contributed by atoms with E-state index in [0.717, 1.165) is 54.9 Å². The normalized spacial score (nSPS) is 24.0. The van der Waals surface area contributed by atoms with Crippen molar-refractivity contribution in [1.82, 2.24) is 10.2 Å². The molecule has 2 saturated heterocycles. The highest BCUT2D eigenvalue weighted by atomic mass is 16.5. The van der Waals surface area contributed by atoms with Crippen molar-refractivity contribution in [3.63, 3.8) is 0 Å². The lowest BCUT2D eigenvalue weighted by Crippen LogP contribution is -2.51. The van der Waals surface area contributed by atoms with Crippen LogP contribution in [0.5, 0.6) is 5.75 Å². The third kappa shape index (κ3) is 2.76. The molecule has 0 saturated carbocycles. The van der Waals surface area contributed by atoms with Crippen LogP contribution in [0.2, 0.25) is 0 Å². The topological polar surface area (TPSA) is 63.9 Å². The molecule has 6 heteroatoms. The van der Waals surface area contributed by atoms with Crippen LogP contribution < -0.4 is 10.1 Å². The number of nitrogens with zero attached hydrogens (tertiary/aromatic N) is 1. The number of fused-ring (bicyclic) bond motifs is 1. The Labute approximate surface area is 140 Å². The van der Waals surface area contributed by atoms with Crippen molar-refractivity contribution in [2.45, 2.75) is 18.4 Å². The van der Waals surface area contributed by atoms with Gasteiger partial charge in [0.2, 0.25) is 5.91 Å². The van der Waals surface area contributed by atoms with Gasteiger partial charge in [0.05, 0.1) is 38.5 Å². The zero-order valence-corrected chi connectivity index (χ0v) is 13.8. The minimum Gasteiger partial charge on any atom is -0.497 e. The Morgan fingerprint density at radius 3 is 3.17 bits per heavy atom. The molecule has 1 amide bonds. The second kappa shape index (κ2) is 6.11. The SMILES string of the molecule is COc1ccc2c(CC(=O)N3CCC4(CNCCO4)C3)coc2c1. The molecule has 24 heavy (non-hydrogen) atoms. The molecule has 1 atom stereocenters. The zero-order chi connectivity index (χ0) is 16.6. The van der Waals surface area contributed by atoms with Gasteiger partial charge in [-0.2, -0.15) is 0 Å². The Hall–Kier alpha value is -2.05. The minimum absolute atomic E-state index is 0.125. The first kappa shape index (κ1) is 15.5. The molecule has 0 aliphatic carbocycles. The highest BCUT2D eigenvalue weighted by Crippen LogP contribution is 2.29. The van der Waals surface area contributed by atoms with E-state index < -0.39 is 0 Å². The second-order valence-corrected chi connectivity index (χ2v) is 6.57. The number of likely N-dealkylation sites (tertiary alicyclic amines) is 1. The molecular formula is C18H22N2O4. The number of rotatable bonds is 3. The van der Waals surface area contributed by atoms with E-state index in [-0.39, 0.29) is 11.5 Å². The number of methoxy groups -OCH3 is 1. The average molecular weight is 330 g/mol. The van der Waals surface area contributed by atoms with Gasteiger partial charge in [-0.3, -0.25) is 4.79 Å². The molecule has 2 aromatic rings. The van der Waals surface area contributed by atoms with Gasteiger partial charge in [0, 0.05) is 36.7 Å². The summed E-state index contributed by atoms with van der Waals surface area (Å²) in [5.41, 5.74) is 1.47. The van der Waals surface area contributed by atoms with Crippen LogP contribution in [0.15, 0.2) is 28.9 Å².